The average molecular weight is 429 g/mol. The third kappa shape index (κ3) is 6.98. The number of carbonyl (C=O) groups is 2. The molecule has 2 rings (SSSR count). The van der Waals surface area contributed by atoms with Crippen LogP contribution in [-0.2, 0) is 9.53 Å². The first kappa shape index (κ1) is 24.2. The van der Waals surface area contributed by atoms with E-state index >= 15 is 0 Å². The molecule has 1 aromatic heterocycles. The molecule has 1 heterocycles. The molecule has 1 amide bonds. The number of ether oxygens (including phenoxy) is 3. The Balaban J connectivity index is 2.22. The Morgan fingerprint density at radius 2 is 1.84 bits per heavy atom. The number of nitrogens with one attached hydrogen (secondary N) is 1. The SMILES string of the molecule is COC(=O)c1ccc(OC)c(NC(=O)CC(CCCC(C)C)c2cccnc2OC)c1. The highest BCUT2D eigenvalue weighted by Crippen LogP contribution is 2.33. The Labute approximate surface area is 184 Å². The zero-order chi connectivity index (χ0) is 22.8. The molecule has 0 spiro atoms. The summed E-state index contributed by atoms with van der Waals surface area (Å²) in [5.41, 5.74) is 1.68. The molecule has 0 aliphatic heterocycles. The number of benzene rings is 1. The fourth-order valence-corrected chi connectivity index (χ4v) is 3.50. The second-order valence-corrected chi connectivity index (χ2v) is 7.78. The highest BCUT2D eigenvalue weighted by molar-refractivity contribution is 5.96. The van der Waals surface area contributed by atoms with Crippen molar-refractivity contribution >= 4 is 17.6 Å². The summed E-state index contributed by atoms with van der Waals surface area (Å²) in [6, 6.07) is 8.59. The van der Waals surface area contributed by atoms with E-state index in [-0.39, 0.29) is 18.2 Å². The molecule has 7 heteroatoms. The minimum atomic E-state index is -0.482. The summed E-state index contributed by atoms with van der Waals surface area (Å²) in [4.78, 5) is 29.1. The van der Waals surface area contributed by atoms with Crippen LogP contribution in [0.1, 0.15) is 61.4 Å². The number of hydrogen-bond donors (Lipinski definition) is 1. The number of aromatic nitrogens is 1. The number of methoxy groups -OCH3 is 3. The van der Waals surface area contributed by atoms with Gasteiger partial charge >= 0.3 is 5.97 Å². The van der Waals surface area contributed by atoms with Crippen LogP contribution in [0.15, 0.2) is 36.5 Å². The lowest BCUT2D eigenvalue weighted by molar-refractivity contribution is -0.116. The molecule has 0 saturated heterocycles. The van der Waals surface area contributed by atoms with Crippen LogP contribution >= 0.6 is 0 Å². The van der Waals surface area contributed by atoms with Crippen molar-refractivity contribution in [3.8, 4) is 11.6 Å². The van der Waals surface area contributed by atoms with E-state index in [4.69, 9.17) is 14.2 Å². The van der Waals surface area contributed by atoms with E-state index in [0.717, 1.165) is 24.8 Å². The quantitative estimate of drug-likeness (QED) is 0.516. The monoisotopic (exact) mass is 428 g/mol. The third-order valence-corrected chi connectivity index (χ3v) is 5.09. The van der Waals surface area contributed by atoms with Gasteiger partial charge in [-0.1, -0.05) is 32.8 Å². The Kier molecular flexibility index (Phi) is 9.31. The van der Waals surface area contributed by atoms with Crippen LogP contribution in [0, 0.1) is 5.92 Å². The zero-order valence-electron chi connectivity index (χ0n) is 18.9. The highest BCUT2D eigenvalue weighted by Gasteiger charge is 2.21. The van der Waals surface area contributed by atoms with Gasteiger partial charge in [-0.25, -0.2) is 9.78 Å². The van der Waals surface area contributed by atoms with E-state index in [9.17, 15) is 9.59 Å². The summed E-state index contributed by atoms with van der Waals surface area (Å²) in [5.74, 6) is 0.893. The van der Waals surface area contributed by atoms with Gasteiger partial charge in [-0.2, -0.15) is 0 Å². The van der Waals surface area contributed by atoms with Gasteiger partial charge in [0.2, 0.25) is 11.8 Å². The number of hydrogen-bond acceptors (Lipinski definition) is 6. The van der Waals surface area contributed by atoms with Crippen LogP contribution in [0.2, 0.25) is 0 Å². The van der Waals surface area contributed by atoms with E-state index < -0.39 is 5.97 Å². The molecule has 1 atom stereocenters. The molecule has 1 N–H and O–H groups in total. The van der Waals surface area contributed by atoms with Crippen molar-refractivity contribution in [1.82, 2.24) is 4.98 Å². The predicted molar refractivity (Wildman–Crippen MR) is 120 cm³/mol. The molecule has 0 saturated carbocycles. The molecule has 31 heavy (non-hydrogen) atoms. The lowest BCUT2D eigenvalue weighted by atomic mass is 9.89. The van der Waals surface area contributed by atoms with Gasteiger partial charge in [0, 0.05) is 18.2 Å². The summed E-state index contributed by atoms with van der Waals surface area (Å²) in [6.45, 7) is 4.37. The van der Waals surface area contributed by atoms with Gasteiger partial charge < -0.3 is 19.5 Å². The van der Waals surface area contributed by atoms with Crippen molar-refractivity contribution < 1.29 is 23.8 Å². The van der Waals surface area contributed by atoms with Gasteiger partial charge in [0.25, 0.3) is 0 Å². The van der Waals surface area contributed by atoms with Crippen molar-refractivity contribution in [2.75, 3.05) is 26.6 Å². The minimum absolute atomic E-state index is 0.0443. The van der Waals surface area contributed by atoms with Gasteiger partial charge in [0.05, 0.1) is 32.6 Å². The predicted octanol–water partition coefficient (Wildman–Crippen LogP) is 4.82. The smallest absolute Gasteiger partial charge is 0.337 e. The summed E-state index contributed by atoms with van der Waals surface area (Å²) in [5, 5.41) is 2.88. The maximum atomic E-state index is 13.0. The number of esters is 1. The standard InChI is InChI=1S/C24H32N2O5/c1-16(2)8-6-9-17(19-10-7-13-25-23(19)30-4)15-22(27)26-20-14-18(24(28)31-5)11-12-21(20)29-3/h7,10-14,16-17H,6,8-9,15H2,1-5H3,(H,26,27). The maximum Gasteiger partial charge on any atom is 0.337 e. The van der Waals surface area contributed by atoms with Gasteiger partial charge in [-0.3, -0.25) is 4.79 Å². The molecule has 2 aromatic rings. The lowest BCUT2D eigenvalue weighted by Crippen LogP contribution is -2.17. The van der Waals surface area contributed by atoms with E-state index in [1.54, 1.807) is 31.5 Å². The topological polar surface area (TPSA) is 86.8 Å². The fourth-order valence-electron chi connectivity index (χ4n) is 3.50. The van der Waals surface area contributed by atoms with Gasteiger partial charge in [0.15, 0.2) is 0 Å². The second kappa shape index (κ2) is 11.9. The number of rotatable bonds is 11. The largest absolute Gasteiger partial charge is 0.495 e. The van der Waals surface area contributed by atoms with Crippen LogP contribution in [0.3, 0.4) is 0 Å². The van der Waals surface area contributed by atoms with Crippen LogP contribution in [0.4, 0.5) is 5.69 Å². The molecule has 0 fully saturated rings. The van der Waals surface area contributed by atoms with Crippen LogP contribution < -0.4 is 14.8 Å². The number of nitrogens with zero attached hydrogens (tertiary/aromatic N) is 1. The van der Waals surface area contributed by atoms with Crippen molar-refractivity contribution in [2.45, 2.75) is 45.4 Å². The average Bonchev–Trinajstić information content (AvgIpc) is 2.77. The molecule has 0 aliphatic carbocycles. The number of pyridine rings is 1. The van der Waals surface area contributed by atoms with E-state index in [1.165, 1.54) is 14.2 Å². The first-order valence-corrected chi connectivity index (χ1v) is 10.4. The van der Waals surface area contributed by atoms with Crippen LogP contribution in [0.25, 0.3) is 0 Å². The highest BCUT2D eigenvalue weighted by atomic mass is 16.5. The third-order valence-electron chi connectivity index (χ3n) is 5.09. The molecule has 1 unspecified atom stereocenters. The van der Waals surface area contributed by atoms with Crippen molar-refractivity contribution in [1.29, 1.82) is 0 Å². The van der Waals surface area contributed by atoms with Crippen molar-refractivity contribution in [3.63, 3.8) is 0 Å². The van der Waals surface area contributed by atoms with Crippen molar-refractivity contribution in [3.05, 3.63) is 47.7 Å². The Hall–Kier alpha value is -3.09. The summed E-state index contributed by atoms with van der Waals surface area (Å²) >= 11 is 0. The van der Waals surface area contributed by atoms with Gasteiger partial charge in [-0.05, 0) is 42.5 Å². The fraction of sp³-hybridized carbons (Fsp3) is 0.458. The Bertz CT molecular complexity index is 882. The summed E-state index contributed by atoms with van der Waals surface area (Å²) < 4.78 is 15.5. The van der Waals surface area contributed by atoms with Gasteiger partial charge in [-0.15, -0.1) is 0 Å². The second-order valence-electron chi connectivity index (χ2n) is 7.78. The van der Waals surface area contributed by atoms with E-state index in [1.807, 2.05) is 12.1 Å². The normalized spacial score (nSPS) is 11.7. The van der Waals surface area contributed by atoms with Crippen LogP contribution in [0.5, 0.6) is 11.6 Å². The van der Waals surface area contributed by atoms with Crippen molar-refractivity contribution in [2.24, 2.45) is 5.92 Å². The molecule has 0 radical (unpaired) electrons. The number of anilines is 1. The molecule has 0 aliphatic rings. The Morgan fingerprint density at radius 3 is 2.48 bits per heavy atom. The Morgan fingerprint density at radius 1 is 1.06 bits per heavy atom. The van der Waals surface area contributed by atoms with E-state index in [0.29, 0.717) is 28.8 Å². The van der Waals surface area contributed by atoms with E-state index in [2.05, 4.69) is 24.1 Å². The summed E-state index contributed by atoms with van der Waals surface area (Å²) in [6.07, 6.45) is 4.85. The summed E-state index contributed by atoms with van der Waals surface area (Å²) in [7, 11) is 4.41. The van der Waals surface area contributed by atoms with Gasteiger partial charge in [0.1, 0.15) is 5.75 Å². The number of amides is 1. The first-order valence-electron chi connectivity index (χ1n) is 10.4. The van der Waals surface area contributed by atoms with Crippen LogP contribution in [-0.4, -0.2) is 38.2 Å². The molecule has 0 bridgehead atoms. The first-order chi connectivity index (χ1) is 14.9. The maximum absolute atomic E-state index is 13.0. The molecular weight excluding hydrogens is 396 g/mol. The molecule has 7 nitrogen and oxygen atoms in total. The molecular formula is C24H32N2O5. The zero-order valence-corrected chi connectivity index (χ0v) is 18.9. The number of carbonyl (C=O) groups excluding carboxylic acids is 2. The molecule has 1 aromatic carbocycles. The molecule has 168 valence electrons. The lowest BCUT2D eigenvalue weighted by Gasteiger charge is -2.20. The minimum Gasteiger partial charge on any atom is -0.495 e.